The zero-order valence-corrected chi connectivity index (χ0v) is 7.74. The second kappa shape index (κ2) is 3.87. The molecule has 12 heavy (non-hydrogen) atoms. The molecule has 2 atom stereocenters. The summed E-state index contributed by atoms with van der Waals surface area (Å²) in [6.45, 7) is 5.47. The summed E-state index contributed by atoms with van der Waals surface area (Å²) in [6.07, 6.45) is -0.310. The Morgan fingerprint density at radius 1 is 1.58 bits per heavy atom. The Morgan fingerprint density at radius 2 is 2.00 bits per heavy atom. The molecule has 0 aromatic rings. The van der Waals surface area contributed by atoms with Gasteiger partial charge in [0.05, 0.1) is 6.10 Å². The Morgan fingerprint density at radius 3 is 2.25 bits per heavy atom. The number of rotatable bonds is 4. The first-order valence-corrected chi connectivity index (χ1v) is 3.99. The standard InChI is InChI=1S/C8H17NO3/c1-4-8(2,3)6(10)5(9)7(11)12/h5-6,10H,4,9H2,1-3H3,(H,11,12). The molecular formula is C8H17NO3. The molecular weight excluding hydrogens is 158 g/mol. The lowest BCUT2D eigenvalue weighted by atomic mass is 9.80. The highest BCUT2D eigenvalue weighted by molar-refractivity contribution is 5.74. The SMILES string of the molecule is CCC(C)(C)C(O)C(N)C(=O)O. The Hall–Kier alpha value is -0.610. The summed E-state index contributed by atoms with van der Waals surface area (Å²) in [5.41, 5.74) is 4.83. The van der Waals surface area contributed by atoms with Crippen LogP contribution in [0.25, 0.3) is 0 Å². The number of nitrogens with two attached hydrogens (primary N) is 1. The molecule has 0 spiro atoms. The minimum Gasteiger partial charge on any atom is -0.480 e. The minimum absolute atomic E-state index is 0.447. The molecule has 0 amide bonds. The molecule has 0 bridgehead atoms. The van der Waals surface area contributed by atoms with Crippen LogP contribution in [-0.2, 0) is 4.79 Å². The van der Waals surface area contributed by atoms with Crippen LogP contribution in [0.2, 0.25) is 0 Å². The Kier molecular flexibility index (Phi) is 3.67. The van der Waals surface area contributed by atoms with Gasteiger partial charge in [-0.3, -0.25) is 4.79 Å². The van der Waals surface area contributed by atoms with Gasteiger partial charge in [-0.2, -0.15) is 0 Å². The van der Waals surface area contributed by atoms with E-state index in [0.29, 0.717) is 6.42 Å². The van der Waals surface area contributed by atoms with Crippen molar-refractivity contribution in [3.63, 3.8) is 0 Å². The molecule has 2 unspecified atom stereocenters. The Bertz CT molecular complexity index is 168. The summed E-state index contributed by atoms with van der Waals surface area (Å²) in [4.78, 5) is 10.4. The average molecular weight is 175 g/mol. The number of carbonyl (C=O) groups is 1. The van der Waals surface area contributed by atoms with Crippen LogP contribution in [0, 0.1) is 5.41 Å². The van der Waals surface area contributed by atoms with Crippen molar-refractivity contribution in [2.45, 2.75) is 39.3 Å². The lowest BCUT2D eigenvalue weighted by molar-refractivity contribution is -0.143. The van der Waals surface area contributed by atoms with Crippen LogP contribution in [0.4, 0.5) is 0 Å². The summed E-state index contributed by atoms with van der Waals surface area (Å²) in [7, 11) is 0. The Balaban J connectivity index is 4.37. The van der Waals surface area contributed by atoms with E-state index in [1.807, 2.05) is 6.92 Å². The van der Waals surface area contributed by atoms with Gasteiger partial charge in [-0.1, -0.05) is 20.8 Å². The van der Waals surface area contributed by atoms with E-state index in [1.165, 1.54) is 0 Å². The van der Waals surface area contributed by atoms with Gasteiger partial charge in [-0.05, 0) is 11.8 Å². The van der Waals surface area contributed by atoms with Crippen LogP contribution in [-0.4, -0.2) is 28.3 Å². The van der Waals surface area contributed by atoms with Gasteiger partial charge in [0.1, 0.15) is 6.04 Å². The van der Waals surface area contributed by atoms with E-state index in [-0.39, 0.29) is 0 Å². The normalized spacial score (nSPS) is 17.1. The van der Waals surface area contributed by atoms with Gasteiger partial charge in [0.2, 0.25) is 0 Å². The lowest BCUT2D eigenvalue weighted by Crippen LogP contribution is -2.49. The molecule has 72 valence electrons. The van der Waals surface area contributed by atoms with Crippen LogP contribution >= 0.6 is 0 Å². The summed E-state index contributed by atoms with van der Waals surface area (Å²) < 4.78 is 0. The van der Waals surface area contributed by atoms with Gasteiger partial charge in [0.25, 0.3) is 0 Å². The maximum Gasteiger partial charge on any atom is 0.323 e. The van der Waals surface area contributed by atoms with E-state index < -0.39 is 23.5 Å². The zero-order valence-electron chi connectivity index (χ0n) is 7.74. The predicted molar refractivity (Wildman–Crippen MR) is 45.7 cm³/mol. The number of aliphatic carboxylic acids is 1. The highest BCUT2D eigenvalue weighted by atomic mass is 16.4. The molecule has 0 saturated heterocycles. The van der Waals surface area contributed by atoms with Crippen LogP contribution in [0.1, 0.15) is 27.2 Å². The maximum absolute atomic E-state index is 10.4. The first kappa shape index (κ1) is 11.4. The number of aliphatic hydroxyl groups is 1. The maximum atomic E-state index is 10.4. The first-order valence-electron chi connectivity index (χ1n) is 3.99. The van der Waals surface area contributed by atoms with E-state index in [4.69, 9.17) is 10.8 Å². The monoisotopic (exact) mass is 175 g/mol. The van der Waals surface area contributed by atoms with Gasteiger partial charge in [0.15, 0.2) is 0 Å². The number of hydrogen-bond donors (Lipinski definition) is 3. The third-order valence-electron chi connectivity index (χ3n) is 2.34. The molecule has 4 N–H and O–H groups in total. The van der Waals surface area contributed by atoms with Crippen LogP contribution < -0.4 is 5.73 Å². The molecule has 0 saturated carbocycles. The van der Waals surface area contributed by atoms with Gasteiger partial charge >= 0.3 is 5.97 Å². The molecule has 0 aliphatic carbocycles. The van der Waals surface area contributed by atoms with Gasteiger partial charge in [-0.15, -0.1) is 0 Å². The van der Waals surface area contributed by atoms with Crippen molar-refractivity contribution >= 4 is 5.97 Å². The van der Waals surface area contributed by atoms with E-state index in [2.05, 4.69) is 0 Å². The number of carboxylic acid groups (broad SMARTS) is 1. The molecule has 0 radical (unpaired) electrons. The third kappa shape index (κ3) is 2.46. The highest BCUT2D eigenvalue weighted by Crippen LogP contribution is 2.26. The molecule has 0 heterocycles. The summed E-state index contributed by atoms with van der Waals surface area (Å²) in [6, 6.07) is -1.19. The van der Waals surface area contributed by atoms with Crippen molar-refractivity contribution in [1.82, 2.24) is 0 Å². The number of aliphatic hydroxyl groups excluding tert-OH is 1. The van der Waals surface area contributed by atoms with E-state index in [1.54, 1.807) is 13.8 Å². The average Bonchev–Trinajstić information content (AvgIpc) is 2.01. The molecule has 0 aliphatic heterocycles. The van der Waals surface area contributed by atoms with Gasteiger partial charge < -0.3 is 15.9 Å². The van der Waals surface area contributed by atoms with Crippen LogP contribution in [0.5, 0.6) is 0 Å². The second-order valence-corrected chi connectivity index (χ2v) is 3.65. The molecule has 0 aliphatic rings. The zero-order chi connectivity index (χ0) is 9.94. The number of carboxylic acids is 1. The van der Waals surface area contributed by atoms with Crippen LogP contribution in [0.15, 0.2) is 0 Å². The van der Waals surface area contributed by atoms with E-state index in [9.17, 15) is 9.90 Å². The number of hydrogen-bond acceptors (Lipinski definition) is 3. The third-order valence-corrected chi connectivity index (χ3v) is 2.34. The summed E-state index contributed by atoms with van der Waals surface area (Å²) in [5, 5.41) is 18.0. The quantitative estimate of drug-likeness (QED) is 0.569. The molecule has 0 aromatic heterocycles. The van der Waals surface area contributed by atoms with Crippen molar-refractivity contribution in [2.75, 3.05) is 0 Å². The fourth-order valence-electron chi connectivity index (χ4n) is 0.830. The van der Waals surface area contributed by atoms with Crippen LogP contribution in [0.3, 0.4) is 0 Å². The topological polar surface area (TPSA) is 83.5 Å². The highest BCUT2D eigenvalue weighted by Gasteiger charge is 2.34. The molecule has 4 heteroatoms. The van der Waals surface area contributed by atoms with Gasteiger partial charge in [-0.25, -0.2) is 0 Å². The van der Waals surface area contributed by atoms with Crippen molar-refractivity contribution < 1.29 is 15.0 Å². The Labute approximate surface area is 72.4 Å². The van der Waals surface area contributed by atoms with Crippen molar-refractivity contribution in [3.8, 4) is 0 Å². The minimum atomic E-state index is -1.19. The fourth-order valence-corrected chi connectivity index (χ4v) is 0.830. The van der Waals surface area contributed by atoms with Crippen molar-refractivity contribution in [3.05, 3.63) is 0 Å². The van der Waals surface area contributed by atoms with Crippen molar-refractivity contribution in [2.24, 2.45) is 11.1 Å². The smallest absolute Gasteiger partial charge is 0.323 e. The molecule has 4 nitrogen and oxygen atoms in total. The molecule has 0 fully saturated rings. The summed E-state index contributed by atoms with van der Waals surface area (Å²) >= 11 is 0. The largest absolute Gasteiger partial charge is 0.480 e. The molecule has 0 rings (SSSR count). The summed E-state index contributed by atoms with van der Waals surface area (Å²) in [5.74, 6) is -1.16. The van der Waals surface area contributed by atoms with E-state index in [0.717, 1.165) is 0 Å². The second-order valence-electron chi connectivity index (χ2n) is 3.65. The fraction of sp³-hybridized carbons (Fsp3) is 0.875. The lowest BCUT2D eigenvalue weighted by Gasteiger charge is -2.31. The van der Waals surface area contributed by atoms with Gasteiger partial charge in [0, 0.05) is 0 Å². The van der Waals surface area contributed by atoms with Crippen molar-refractivity contribution in [1.29, 1.82) is 0 Å². The predicted octanol–water partition coefficient (Wildman–Crippen LogP) is 0.195. The molecule has 0 aromatic carbocycles. The van der Waals surface area contributed by atoms with E-state index >= 15 is 0 Å². The first-order chi connectivity index (χ1) is 5.33.